The van der Waals surface area contributed by atoms with E-state index < -0.39 is 5.60 Å². The Bertz CT molecular complexity index is 975. The average molecular weight is 389 g/mol. The van der Waals surface area contributed by atoms with Crippen molar-refractivity contribution in [3.05, 3.63) is 54.0 Å². The van der Waals surface area contributed by atoms with Crippen LogP contribution in [0, 0.1) is 17.2 Å². The molecule has 1 aromatic carbocycles. The Kier molecular flexibility index (Phi) is 4.25. The molecule has 7 heteroatoms. The number of aromatic nitrogens is 2. The second-order valence-electron chi connectivity index (χ2n) is 8.15. The van der Waals surface area contributed by atoms with Crippen LogP contribution in [-0.4, -0.2) is 45.7 Å². The Hall–Kier alpha value is -2.98. The summed E-state index contributed by atoms with van der Waals surface area (Å²) in [5.74, 6) is 0.874. The summed E-state index contributed by atoms with van der Waals surface area (Å²) in [5, 5.41) is 9.10. The molecule has 4 atom stereocenters. The van der Waals surface area contributed by atoms with Gasteiger partial charge in [0.1, 0.15) is 30.1 Å². The van der Waals surface area contributed by atoms with Gasteiger partial charge in [0.15, 0.2) is 5.60 Å². The third-order valence-electron chi connectivity index (χ3n) is 6.59. The fourth-order valence-corrected chi connectivity index (χ4v) is 5.08. The smallest absolute Gasteiger partial charge is 0.257 e. The van der Waals surface area contributed by atoms with E-state index in [0.717, 1.165) is 18.7 Å². The first-order chi connectivity index (χ1) is 14.1. The van der Waals surface area contributed by atoms with Crippen LogP contribution in [0.15, 0.2) is 42.7 Å². The van der Waals surface area contributed by atoms with Crippen molar-refractivity contribution >= 4 is 11.7 Å². The van der Waals surface area contributed by atoms with E-state index in [1.165, 1.54) is 11.9 Å². The molecular weight excluding hydrogens is 366 g/mol. The summed E-state index contributed by atoms with van der Waals surface area (Å²) in [7, 11) is 0. The Morgan fingerprint density at radius 1 is 1.24 bits per heavy atom. The highest BCUT2D eigenvalue weighted by molar-refractivity contribution is 5.88. The number of carbonyl (C=O) groups is 1. The van der Waals surface area contributed by atoms with Gasteiger partial charge in [-0.25, -0.2) is 9.97 Å². The second kappa shape index (κ2) is 6.82. The normalized spacial score (nSPS) is 31.2. The van der Waals surface area contributed by atoms with E-state index in [0.29, 0.717) is 25.2 Å². The maximum Gasteiger partial charge on any atom is 0.257 e. The number of fused-ring (bicyclic) bond motifs is 1. The van der Waals surface area contributed by atoms with Crippen LogP contribution in [0.3, 0.4) is 0 Å². The summed E-state index contributed by atoms with van der Waals surface area (Å²) in [4.78, 5) is 26.0. The van der Waals surface area contributed by atoms with Crippen molar-refractivity contribution in [2.45, 2.75) is 44.1 Å². The van der Waals surface area contributed by atoms with Gasteiger partial charge in [-0.05, 0) is 18.4 Å². The summed E-state index contributed by atoms with van der Waals surface area (Å²) >= 11 is 0. The average Bonchev–Trinajstić information content (AvgIpc) is 3.29. The number of nitrogens with zero attached hydrogens (tertiary/aromatic N) is 5. The fourth-order valence-electron chi connectivity index (χ4n) is 5.08. The van der Waals surface area contributed by atoms with Gasteiger partial charge in [0.25, 0.3) is 5.91 Å². The molecule has 4 heterocycles. The number of anilines is 1. The van der Waals surface area contributed by atoms with Gasteiger partial charge in [-0.2, -0.15) is 5.26 Å². The van der Waals surface area contributed by atoms with E-state index in [1.807, 2.05) is 23.1 Å². The minimum Gasteiger partial charge on any atom is -0.356 e. The molecule has 148 valence electrons. The zero-order valence-electron chi connectivity index (χ0n) is 16.4. The van der Waals surface area contributed by atoms with Crippen molar-refractivity contribution in [2.75, 3.05) is 18.0 Å². The van der Waals surface area contributed by atoms with Crippen LogP contribution in [0.1, 0.15) is 43.5 Å². The number of amides is 1. The van der Waals surface area contributed by atoms with E-state index in [9.17, 15) is 4.79 Å². The molecule has 1 amide bonds. The van der Waals surface area contributed by atoms with Crippen molar-refractivity contribution < 1.29 is 9.53 Å². The Labute approximate surface area is 169 Å². The lowest BCUT2D eigenvalue weighted by atomic mass is 9.81. The van der Waals surface area contributed by atoms with E-state index in [2.05, 4.69) is 40.0 Å². The van der Waals surface area contributed by atoms with Crippen molar-refractivity contribution in [1.29, 1.82) is 5.26 Å². The van der Waals surface area contributed by atoms with Gasteiger partial charge in [0, 0.05) is 31.5 Å². The molecule has 3 aliphatic rings. The molecule has 2 aromatic rings. The summed E-state index contributed by atoms with van der Waals surface area (Å²) in [6, 6.07) is 14.1. The van der Waals surface area contributed by atoms with Gasteiger partial charge in [-0.1, -0.05) is 37.3 Å². The molecular formula is C22H23N5O2. The highest BCUT2D eigenvalue weighted by Crippen LogP contribution is 2.49. The van der Waals surface area contributed by atoms with Crippen LogP contribution in [0.2, 0.25) is 0 Å². The first-order valence-corrected chi connectivity index (χ1v) is 10.1. The van der Waals surface area contributed by atoms with E-state index in [-0.39, 0.29) is 24.1 Å². The topological polar surface area (TPSA) is 82.3 Å². The van der Waals surface area contributed by atoms with E-state index in [1.54, 1.807) is 6.07 Å². The SMILES string of the molecule is CC1CN(c2cc(C#N)ncn2)CCC12O[C@@H]1CC[C@@H](c3ccccc3)N1C2=O. The number of hydrogen-bond acceptors (Lipinski definition) is 6. The highest BCUT2D eigenvalue weighted by atomic mass is 16.6. The molecule has 1 aromatic heterocycles. The summed E-state index contributed by atoms with van der Waals surface area (Å²) in [6.45, 7) is 3.40. The largest absolute Gasteiger partial charge is 0.356 e. The lowest BCUT2D eigenvalue weighted by Crippen LogP contribution is -2.56. The summed E-state index contributed by atoms with van der Waals surface area (Å²) < 4.78 is 6.48. The van der Waals surface area contributed by atoms with Gasteiger partial charge in [-0.15, -0.1) is 0 Å². The first-order valence-electron chi connectivity index (χ1n) is 10.1. The van der Waals surface area contributed by atoms with Crippen LogP contribution in [0.4, 0.5) is 5.82 Å². The molecule has 3 saturated heterocycles. The number of carbonyl (C=O) groups excluding carboxylic acids is 1. The van der Waals surface area contributed by atoms with Crippen molar-refractivity contribution in [3.8, 4) is 6.07 Å². The zero-order valence-corrected chi connectivity index (χ0v) is 16.4. The molecule has 7 nitrogen and oxygen atoms in total. The number of hydrogen-bond donors (Lipinski definition) is 0. The van der Waals surface area contributed by atoms with Gasteiger partial charge < -0.3 is 14.5 Å². The molecule has 29 heavy (non-hydrogen) atoms. The minimum absolute atomic E-state index is 0.0197. The standard InChI is InChI=1S/C22H23N5O2/c1-15-13-26(19-11-17(12-23)24-14-25-19)10-9-22(15)21(28)27-18(7-8-20(27)29-22)16-5-3-2-4-6-16/h2-6,11,14-15,18,20H,7-10,13H2,1H3/t15?,18-,20+,22?/m0/s1. The predicted octanol–water partition coefficient (Wildman–Crippen LogP) is 2.65. The second-order valence-corrected chi connectivity index (χ2v) is 8.15. The molecule has 1 spiro atoms. The minimum atomic E-state index is -0.764. The first kappa shape index (κ1) is 18.1. The van der Waals surface area contributed by atoms with Gasteiger partial charge in [-0.3, -0.25) is 4.79 Å². The molecule has 5 rings (SSSR count). The number of ether oxygens (including phenoxy) is 1. The number of nitriles is 1. The fraction of sp³-hybridized carbons (Fsp3) is 0.455. The van der Waals surface area contributed by atoms with Crippen LogP contribution in [0.25, 0.3) is 0 Å². The van der Waals surface area contributed by atoms with Gasteiger partial charge in [0.2, 0.25) is 0 Å². The maximum atomic E-state index is 13.6. The molecule has 0 bridgehead atoms. The third-order valence-corrected chi connectivity index (χ3v) is 6.59. The number of piperidine rings is 1. The maximum absolute atomic E-state index is 13.6. The Morgan fingerprint density at radius 2 is 2.07 bits per heavy atom. The van der Waals surface area contributed by atoms with Crippen LogP contribution in [-0.2, 0) is 9.53 Å². The van der Waals surface area contributed by atoms with Crippen molar-refractivity contribution in [2.24, 2.45) is 5.92 Å². The molecule has 2 unspecified atom stereocenters. The van der Waals surface area contributed by atoms with Crippen LogP contribution in [0.5, 0.6) is 0 Å². The van der Waals surface area contributed by atoms with Crippen molar-refractivity contribution in [3.63, 3.8) is 0 Å². The lowest BCUT2D eigenvalue weighted by molar-refractivity contribution is -0.145. The lowest BCUT2D eigenvalue weighted by Gasteiger charge is -2.42. The molecule has 0 radical (unpaired) electrons. The molecule has 0 saturated carbocycles. The number of rotatable bonds is 2. The van der Waals surface area contributed by atoms with Crippen molar-refractivity contribution in [1.82, 2.24) is 14.9 Å². The Balaban J connectivity index is 1.37. The van der Waals surface area contributed by atoms with Gasteiger partial charge in [0.05, 0.1) is 6.04 Å². The number of benzene rings is 1. The zero-order chi connectivity index (χ0) is 20.0. The highest BCUT2D eigenvalue weighted by Gasteiger charge is 2.60. The van der Waals surface area contributed by atoms with Crippen LogP contribution < -0.4 is 4.90 Å². The molecule has 0 aliphatic carbocycles. The van der Waals surface area contributed by atoms with E-state index >= 15 is 0 Å². The third kappa shape index (κ3) is 2.78. The van der Waals surface area contributed by atoms with Crippen LogP contribution >= 0.6 is 0 Å². The monoisotopic (exact) mass is 389 g/mol. The van der Waals surface area contributed by atoms with E-state index in [4.69, 9.17) is 10.00 Å². The van der Waals surface area contributed by atoms with Gasteiger partial charge >= 0.3 is 0 Å². The summed E-state index contributed by atoms with van der Waals surface area (Å²) in [6.07, 6.45) is 3.72. The predicted molar refractivity (Wildman–Crippen MR) is 106 cm³/mol. The molecule has 0 N–H and O–H groups in total. The molecule has 3 fully saturated rings. The summed E-state index contributed by atoms with van der Waals surface area (Å²) in [5.41, 5.74) is 0.765. The Morgan fingerprint density at radius 3 is 2.83 bits per heavy atom. The molecule has 3 aliphatic heterocycles. The quantitative estimate of drug-likeness (QED) is 0.785.